The number of nitrogens with two attached hydrogens (primary N) is 1. The van der Waals surface area contributed by atoms with Crippen molar-refractivity contribution in [2.75, 3.05) is 5.73 Å². The molecule has 3 rings (SSSR count). The van der Waals surface area contributed by atoms with Gasteiger partial charge in [-0.25, -0.2) is 4.52 Å². The number of aromatic amines is 1. The summed E-state index contributed by atoms with van der Waals surface area (Å²) in [6.45, 7) is 0. The van der Waals surface area contributed by atoms with Gasteiger partial charge in [-0.2, -0.15) is 15.5 Å². The fourth-order valence-electron chi connectivity index (χ4n) is 1.86. The lowest BCUT2D eigenvalue weighted by Gasteiger charge is -2.04. The first-order valence-electron chi connectivity index (χ1n) is 4.96. The molecule has 0 aliphatic rings. The van der Waals surface area contributed by atoms with Gasteiger partial charge in [-0.05, 0) is 12.1 Å². The molecule has 6 nitrogen and oxygen atoms in total. The van der Waals surface area contributed by atoms with Gasteiger partial charge in [0, 0.05) is 17.3 Å². The molecule has 0 amide bonds. The van der Waals surface area contributed by atoms with Crippen LogP contribution in [-0.4, -0.2) is 19.8 Å². The van der Waals surface area contributed by atoms with Crippen LogP contribution < -0.4 is 5.73 Å². The highest BCUT2D eigenvalue weighted by Crippen LogP contribution is 2.28. The summed E-state index contributed by atoms with van der Waals surface area (Å²) in [4.78, 5) is 0. The Morgan fingerprint density at radius 2 is 2.24 bits per heavy atom. The van der Waals surface area contributed by atoms with Crippen LogP contribution in [0.1, 0.15) is 5.56 Å². The first-order chi connectivity index (χ1) is 8.31. The average molecular weight is 224 g/mol. The molecule has 3 aromatic rings. The topological polar surface area (TPSA) is 95.8 Å². The molecule has 0 atom stereocenters. The summed E-state index contributed by atoms with van der Waals surface area (Å²) in [5.74, 6) is 0.536. The van der Waals surface area contributed by atoms with Crippen molar-refractivity contribution < 1.29 is 0 Å². The number of aromatic nitrogens is 4. The van der Waals surface area contributed by atoms with E-state index in [2.05, 4.69) is 21.4 Å². The van der Waals surface area contributed by atoms with Gasteiger partial charge in [-0.15, -0.1) is 0 Å². The van der Waals surface area contributed by atoms with E-state index in [1.807, 2.05) is 6.07 Å². The molecule has 0 aromatic carbocycles. The van der Waals surface area contributed by atoms with E-state index < -0.39 is 0 Å². The Hall–Kier alpha value is -2.81. The molecule has 82 valence electrons. The van der Waals surface area contributed by atoms with E-state index in [1.165, 1.54) is 6.20 Å². The van der Waals surface area contributed by atoms with Crippen molar-refractivity contribution in [2.45, 2.75) is 0 Å². The van der Waals surface area contributed by atoms with E-state index in [1.54, 1.807) is 23.0 Å². The fraction of sp³-hybridized carbons (Fsp3) is 0. The minimum atomic E-state index is 0.497. The highest BCUT2D eigenvalue weighted by atomic mass is 15.2. The van der Waals surface area contributed by atoms with Crippen LogP contribution in [-0.2, 0) is 0 Å². The quantitative estimate of drug-likeness (QED) is 0.648. The Morgan fingerprint density at radius 3 is 2.94 bits per heavy atom. The molecular weight excluding hydrogens is 216 g/mol. The van der Waals surface area contributed by atoms with E-state index in [-0.39, 0.29) is 0 Å². The van der Waals surface area contributed by atoms with E-state index in [4.69, 9.17) is 11.0 Å². The molecular formula is C11H8N6. The molecule has 6 heteroatoms. The molecule has 3 N–H and O–H groups in total. The van der Waals surface area contributed by atoms with Crippen LogP contribution in [0.3, 0.4) is 0 Å². The van der Waals surface area contributed by atoms with Crippen molar-refractivity contribution in [3.8, 4) is 17.2 Å². The lowest BCUT2D eigenvalue weighted by molar-refractivity contribution is 0.950. The van der Waals surface area contributed by atoms with Crippen LogP contribution in [0.2, 0.25) is 0 Å². The number of fused-ring (bicyclic) bond motifs is 1. The normalized spacial score (nSPS) is 10.5. The van der Waals surface area contributed by atoms with Gasteiger partial charge >= 0.3 is 0 Å². The SMILES string of the molecule is N#Cc1cnn2c(N)ccc2c1-c1cn[nH]c1. The summed E-state index contributed by atoms with van der Waals surface area (Å²) < 4.78 is 1.60. The van der Waals surface area contributed by atoms with Crippen LogP contribution >= 0.6 is 0 Å². The summed E-state index contributed by atoms with van der Waals surface area (Å²) in [5, 5.41) is 19.9. The van der Waals surface area contributed by atoms with Gasteiger partial charge < -0.3 is 5.73 Å². The number of nitriles is 1. The number of nitrogens with one attached hydrogen (secondary N) is 1. The summed E-state index contributed by atoms with van der Waals surface area (Å²) >= 11 is 0. The monoisotopic (exact) mass is 224 g/mol. The number of H-pyrrole nitrogens is 1. The zero-order valence-corrected chi connectivity index (χ0v) is 8.75. The Kier molecular flexibility index (Phi) is 1.86. The van der Waals surface area contributed by atoms with Crippen LogP contribution in [0.5, 0.6) is 0 Å². The van der Waals surface area contributed by atoms with Gasteiger partial charge in [0.05, 0.1) is 23.5 Å². The molecule has 3 aromatic heterocycles. The molecule has 0 saturated carbocycles. The summed E-state index contributed by atoms with van der Waals surface area (Å²) in [6.07, 6.45) is 4.91. The van der Waals surface area contributed by atoms with E-state index in [0.717, 1.165) is 16.6 Å². The lowest BCUT2D eigenvalue weighted by atomic mass is 10.1. The second-order valence-electron chi connectivity index (χ2n) is 3.59. The second kappa shape index (κ2) is 3.35. The van der Waals surface area contributed by atoms with Crippen molar-refractivity contribution in [3.63, 3.8) is 0 Å². The maximum Gasteiger partial charge on any atom is 0.125 e. The van der Waals surface area contributed by atoms with Crippen LogP contribution in [0.15, 0.2) is 30.7 Å². The van der Waals surface area contributed by atoms with Gasteiger partial charge in [-0.3, -0.25) is 5.10 Å². The largest absolute Gasteiger partial charge is 0.384 e. The smallest absolute Gasteiger partial charge is 0.125 e. The zero-order chi connectivity index (χ0) is 11.8. The van der Waals surface area contributed by atoms with Gasteiger partial charge in [0.2, 0.25) is 0 Å². The molecule has 0 radical (unpaired) electrons. The van der Waals surface area contributed by atoms with Crippen LogP contribution in [0, 0.1) is 11.3 Å². The number of rotatable bonds is 1. The molecule has 0 bridgehead atoms. The van der Waals surface area contributed by atoms with Crippen LogP contribution in [0.25, 0.3) is 16.6 Å². The number of hydrogen-bond donors (Lipinski definition) is 2. The Balaban J connectivity index is 2.45. The fourth-order valence-corrected chi connectivity index (χ4v) is 1.86. The third kappa shape index (κ3) is 1.26. The third-order valence-corrected chi connectivity index (χ3v) is 2.62. The first kappa shape index (κ1) is 9.42. The van der Waals surface area contributed by atoms with Crippen molar-refractivity contribution in [3.05, 3.63) is 36.3 Å². The minimum Gasteiger partial charge on any atom is -0.384 e. The van der Waals surface area contributed by atoms with Gasteiger partial charge in [0.25, 0.3) is 0 Å². The standard InChI is InChI=1S/C11H8N6/c12-3-7-6-16-17-9(1-2-10(17)13)11(7)8-4-14-15-5-8/h1-2,4-6H,13H2,(H,14,15). The molecule has 0 fully saturated rings. The highest BCUT2D eigenvalue weighted by Gasteiger charge is 2.13. The maximum absolute atomic E-state index is 9.12. The average Bonchev–Trinajstić information content (AvgIpc) is 2.98. The second-order valence-corrected chi connectivity index (χ2v) is 3.59. The predicted octanol–water partition coefficient (Wildman–Crippen LogP) is 1.18. The molecule has 0 spiro atoms. The lowest BCUT2D eigenvalue weighted by Crippen LogP contribution is -1.99. The molecule has 17 heavy (non-hydrogen) atoms. The summed E-state index contributed by atoms with van der Waals surface area (Å²) in [6, 6.07) is 5.72. The van der Waals surface area contributed by atoms with Crippen molar-refractivity contribution >= 4 is 11.3 Å². The van der Waals surface area contributed by atoms with Gasteiger partial charge in [-0.1, -0.05) is 0 Å². The number of anilines is 1. The van der Waals surface area contributed by atoms with Crippen LogP contribution in [0.4, 0.5) is 5.82 Å². The third-order valence-electron chi connectivity index (χ3n) is 2.62. The first-order valence-corrected chi connectivity index (χ1v) is 4.96. The van der Waals surface area contributed by atoms with E-state index in [9.17, 15) is 0 Å². The maximum atomic E-state index is 9.12. The van der Waals surface area contributed by atoms with E-state index in [0.29, 0.717) is 11.4 Å². The van der Waals surface area contributed by atoms with Crippen molar-refractivity contribution in [2.24, 2.45) is 0 Å². The predicted molar refractivity (Wildman–Crippen MR) is 61.9 cm³/mol. The van der Waals surface area contributed by atoms with Gasteiger partial charge in [0.15, 0.2) is 0 Å². The molecule has 0 aliphatic carbocycles. The van der Waals surface area contributed by atoms with Gasteiger partial charge in [0.1, 0.15) is 11.9 Å². The molecule has 0 saturated heterocycles. The Bertz CT molecular complexity index is 716. The summed E-state index contributed by atoms with van der Waals surface area (Å²) in [7, 11) is 0. The molecule has 0 aliphatic heterocycles. The number of nitrogens with zero attached hydrogens (tertiary/aromatic N) is 4. The Labute approximate surface area is 96.3 Å². The van der Waals surface area contributed by atoms with Crippen molar-refractivity contribution in [1.29, 1.82) is 5.26 Å². The highest BCUT2D eigenvalue weighted by molar-refractivity contribution is 5.85. The molecule has 0 unspecified atom stereocenters. The molecule has 3 heterocycles. The number of nitrogen functional groups attached to an aromatic ring is 1. The van der Waals surface area contributed by atoms with Crippen molar-refractivity contribution in [1.82, 2.24) is 19.8 Å². The Morgan fingerprint density at radius 1 is 1.35 bits per heavy atom. The van der Waals surface area contributed by atoms with E-state index >= 15 is 0 Å². The minimum absolute atomic E-state index is 0.497. The number of hydrogen-bond acceptors (Lipinski definition) is 4. The summed E-state index contributed by atoms with van der Waals surface area (Å²) in [5.41, 5.74) is 8.70. The zero-order valence-electron chi connectivity index (χ0n) is 8.75.